The lowest BCUT2D eigenvalue weighted by molar-refractivity contribution is -0.137. The van der Waals surface area contributed by atoms with Gasteiger partial charge in [0, 0.05) is 23.9 Å². The smallest absolute Gasteiger partial charge is 0.359 e. The van der Waals surface area contributed by atoms with Crippen molar-refractivity contribution in [1.82, 2.24) is 10.6 Å². The van der Waals surface area contributed by atoms with E-state index in [1.807, 2.05) is 0 Å². The van der Waals surface area contributed by atoms with Crippen LogP contribution in [0.1, 0.15) is 41.6 Å². The number of anilines is 1. The Labute approximate surface area is 211 Å². The Morgan fingerprint density at radius 1 is 1.16 bits per heavy atom. The highest BCUT2D eigenvalue weighted by atomic mass is 16.4. The van der Waals surface area contributed by atoms with Crippen LogP contribution in [0, 0.1) is 6.92 Å². The number of nitrogen functional groups attached to an aromatic ring is 1. The molecule has 0 spiro atoms. The summed E-state index contributed by atoms with van der Waals surface area (Å²) in [5.41, 5.74) is 22.1. The second kappa shape index (κ2) is 13.0. The highest BCUT2D eigenvalue weighted by molar-refractivity contribution is 6.04. The summed E-state index contributed by atoms with van der Waals surface area (Å²) in [6, 6.07) is 2.39. The average molecular weight is 518 g/mol. The highest BCUT2D eigenvalue weighted by Gasteiger charge is 2.24. The van der Waals surface area contributed by atoms with Gasteiger partial charge in [-0.05, 0) is 37.8 Å². The molecule has 0 saturated carbocycles. The minimum absolute atomic E-state index is 0.0267. The zero-order chi connectivity index (χ0) is 27.7. The zero-order valence-electron chi connectivity index (χ0n) is 20.3. The fourth-order valence-electron chi connectivity index (χ4n) is 3.45. The number of aliphatic carboxylic acids is 1. The maximum absolute atomic E-state index is 13.3. The summed E-state index contributed by atoms with van der Waals surface area (Å²) in [5.74, 6) is -3.06. The molecule has 2 aromatic rings. The standard InChI is InChI=1S/C23H31N7O7/c1-11-13-5-4-12(9-16(13)37-22(36)19(11)25)20(34)15(3-2-8-28-23(26)27)30-17(31)10-29-21(35)14(24)6-7-18(32)33/h4-5,9,14-15H,2-3,6-8,10,24-25H2,1H3,(H,29,35)(H,30,31)(H,32,33)(H4,26,27,28)/t14-,15-/m0/s1. The van der Waals surface area contributed by atoms with E-state index < -0.39 is 47.8 Å². The van der Waals surface area contributed by atoms with Crippen molar-refractivity contribution in [2.24, 2.45) is 22.2 Å². The van der Waals surface area contributed by atoms with E-state index in [1.165, 1.54) is 12.1 Å². The second-order valence-electron chi connectivity index (χ2n) is 8.33. The van der Waals surface area contributed by atoms with Crippen molar-refractivity contribution in [3.8, 4) is 0 Å². The zero-order valence-corrected chi connectivity index (χ0v) is 20.3. The second-order valence-corrected chi connectivity index (χ2v) is 8.33. The van der Waals surface area contributed by atoms with Crippen LogP contribution in [-0.4, -0.2) is 59.8 Å². The Morgan fingerprint density at radius 2 is 1.86 bits per heavy atom. The van der Waals surface area contributed by atoms with Crippen molar-refractivity contribution in [1.29, 1.82) is 0 Å². The summed E-state index contributed by atoms with van der Waals surface area (Å²) in [6.07, 6.45) is 0.110. The number of aliphatic imine (C=N–C) groups is 1. The molecule has 2 amide bonds. The highest BCUT2D eigenvalue weighted by Crippen LogP contribution is 2.22. The molecule has 2 rings (SSSR count). The van der Waals surface area contributed by atoms with Gasteiger partial charge in [-0.3, -0.25) is 24.2 Å². The van der Waals surface area contributed by atoms with Crippen LogP contribution in [0.5, 0.6) is 0 Å². The molecule has 2 atom stereocenters. The molecular weight excluding hydrogens is 486 g/mol. The summed E-state index contributed by atoms with van der Waals surface area (Å²) in [5, 5.41) is 14.1. The molecule has 0 unspecified atom stereocenters. The van der Waals surface area contributed by atoms with Crippen molar-refractivity contribution < 1.29 is 28.7 Å². The number of fused-ring (bicyclic) bond motifs is 1. The van der Waals surface area contributed by atoms with Crippen LogP contribution in [0.15, 0.2) is 32.4 Å². The Balaban J connectivity index is 2.16. The van der Waals surface area contributed by atoms with E-state index in [-0.39, 0.29) is 48.6 Å². The molecule has 0 aliphatic heterocycles. The number of nitrogens with two attached hydrogens (primary N) is 4. The SMILES string of the molecule is Cc1c(N)c(=O)oc2cc(C(=O)[C@H](CCCN=C(N)N)NC(=O)CNC(=O)[C@@H](N)CCC(=O)O)ccc12. The molecule has 0 saturated heterocycles. The quantitative estimate of drug-likeness (QED) is 0.0540. The van der Waals surface area contributed by atoms with Crippen molar-refractivity contribution in [3.05, 3.63) is 39.7 Å². The van der Waals surface area contributed by atoms with Crippen molar-refractivity contribution in [3.63, 3.8) is 0 Å². The van der Waals surface area contributed by atoms with Gasteiger partial charge in [0.25, 0.3) is 0 Å². The Morgan fingerprint density at radius 3 is 2.51 bits per heavy atom. The number of carboxylic acids is 1. The number of amides is 2. The number of Topliss-reactive ketones (excluding diaryl/α,β-unsaturated/α-hetero) is 1. The van der Waals surface area contributed by atoms with Gasteiger partial charge in [0.1, 0.15) is 11.3 Å². The van der Waals surface area contributed by atoms with E-state index in [0.717, 1.165) is 0 Å². The van der Waals surface area contributed by atoms with E-state index in [0.29, 0.717) is 17.4 Å². The van der Waals surface area contributed by atoms with Gasteiger partial charge in [0.15, 0.2) is 11.7 Å². The largest absolute Gasteiger partial charge is 0.481 e. The number of hydrogen-bond acceptors (Lipinski definition) is 9. The first-order chi connectivity index (χ1) is 17.4. The fourth-order valence-corrected chi connectivity index (χ4v) is 3.45. The molecule has 0 aliphatic carbocycles. The van der Waals surface area contributed by atoms with Crippen molar-refractivity contribution >= 4 is 46.2 Å². The Bertz CT molecular complexity index is 1270. The molecule has 0 radical (unpaired) electrons. The first-order valence-corrected chi connectivity index (χ1v) is 11.4. The molecule has 0 bridgehead atoms. The molecule has 0 aliphatic rings. The number of carbonyl (C=O) groups is 4. The maximum Gasteiger partial charge on any atom is 0.359 e. The molecule has 11 N–H and O–H groups in total. The third-order valence-electron chi connectivity index (χ3n) is 5.52. The summed E-state index contributed by atoms with van der Waals surface area (Å²) in [7, 11) is 0. The van der Waals surface area contributed by atoms with Gasteiger partial charge < -0.3 is 43.1 Å². The Kier molecular flexibility index (Phi) is 10.1. The number of carbonyl (C=O) groups excluding carboxylic acids is 3. The third-order valence-corrected chi connectivity index (χ3v) is 5.52. The molecular formula is C23H31N7O7. The predicted molar refractivity (Wildman–Crippen MR) is 136 cm³/mol. The normalized spacial score (nSPS) is 12.4. The molecule has 1 heterocycles. The first kappa shape index (κ1) is 28.8. The summed E-state index contributed by atoms with van der Waals surface area (Å²) in [6.45, 7) is 1.38. The van der Waals surface area contributed by atoms with E-state index in [2.05, 4.69) is 15.6 Å². The number of nitrogens with zero attached hydrogens (tertiary/aromatic N) is 1. The average Bonchev–Trinajstić information content (AvgIpc) is 2.85. The van der Waals surface area contributed by atoms with Crippen LogP contribution >= 0.6 is 0 Å². The molecule has 0 fully saturated rings. The number of aryl methyl sites for hydroxylation is 1. The minimum atomic E-state index is -1.11. The molecule has 200 valence electrons. The minimum Gasteiger partial charge on any atom is -0.481 e. The number of rotatable bonds is 13. The first-order valence-electron chi connectivity index (χ1n) is 11.4. The van der Waals surface area contributed by atoms with Gasteiger partial charge in [-0.2, -0.15) is 0 Å². The summed E-state index contributed by atoms with van der Waals surface area (Å²) < 4.78 is 5.21. The third kappa shape index (κ3) is 8.31. The number of ketones is 1. The van der Waals surface area contributed by atoms with Crippen LogP contribution in [0.25, 0.3) is 11.0 Å². The number of nitrogens with one attached hydrogen (secondary N) is 2. The van der Waals surface area contributed by atoms with Crippen molar-refractivity contribution in [2.75, 3.05) is 18.8 Å². The van der Waals surface area contributed by atoms with E-state index in [1.54, 1.807) is 13.0 Å². The topological polar surface area (TPSA) is 259 Å². The predicted octanol–water partition coefficient (Wildman–Crippen LogP) is -1.29. The van der Waals surface area contributed by atoms with Gasteiger partial charge in [-0.15, -0.1) is 0 Å². The van der Waals surface area contributed by atoms with Crippen LogP contribution in [0.2, 0.25) is 0 Å². The lowest BCUT2D eigenvalue weighted by atomic mass is 9.98. The van der Waals surface area contributed by atoms with E-state index in [9.17, 15) is 24.0 Å². The lowest BCUT2D eigenvalue weighted by Gasteiger charge is -2.19. The number of benzene rings is 1. The van der Waals surface area contributed by atoms with Gasteiger partial charge in [0.05, 0.1) is 18.6 Å². The molecule has 14 nitrogen and oxygen atoms in total. The molecule has 1 aromatic carbocycles. The van der Waals surface area contributed by atoms with Gasteiger partial charge in [0.2, 0.25) is 11.8 Å². The number of hydrogen-bond donors (Lipinski definition) is 7. The van der Waals surface area contributed by atoms with Crippen LogP contribution in [0.3, 0.4) is 0 Å². The molecule has 14 heteroatoms. The summed E-state index contributed by atoms with van der Waals surface area (Å²) in [4.78, 5) is 64.2. The van der Waals surface area contributed by atoms with E-state index >= 15 is 0 Å². The maximum atomic E-state index is 13.3. The van der Waals surface area contributed by atoms with Crippen LogP contribution in [0.4, 0.5) is 5.69 Å². The van der Waals surface area contributed by atoms with Gasteiger partial charge in [-0.25, -0.2) is 4.79 Å². The Hall–Kier alpha value is -4.46. The van der Waals surface area contributed by atoms with Crippen LogP contribution < -0.4 is 39.2 Å². The monoisotopic (exact) mass is 517 g/mol. The fraction of sp³-hybridized carbons (Fsp3) is 0.391. The summed E-state index contributed by atoms with van der Waals surface area (Å²) >= 11 is 0. The van der Waals surface area contributed by atoms with Crippen molar-refractivity contribution in [2.45, 2.75) is 44.7 Å². The number of guanidine groups is 1. The van der Waals surface area contributed by atoms with Gasteiger partial charge >= 0.3 is 11.6 Å². The van der Waals surface area contributed by atoms with Crippen LogP contribution in [-0.2, 0) is 14.4 Å². The van der Waals surface area contributed by atoms with Gasteiger partial charge in [-0.1, -0.05) is 12.1 Å². The molecule has 37 heavy (non-hydrogen) atoms. The molecule has 1 aromatic heterocycles. The van der Waals surface area contributed by atoms with E-state index in [4.69, 9.17) is 32.5 Å². The number of carboxylic acid groups (broad SMARTS) is 1. The lowest BCUT2D eigenvalue weighted by Crippen LogP contribution is -2.48.